The van der Waals surface area contributed by atoms with E-state index in [0.717, 1.165) is 57.8 Å². The molecule has 0 aromatic heterocycles. The number of aliphatic hydroxyl groups excluding tert-OH is 1. The number of ether oxygens (including phenoxy) is 5. The highest BCUT2D eigenvalue weighted by atomic mass is 16.7. The van der Waals surface area contributed by atoms with E-state index in [1.807, 2.05) is 21.0 Å². The molecule has 4 aliphatic carbocycles. The highest BCUT2D eigenvalue weighted by molar-refractivity contribution is 5.60. The van der Waals surface area contributed by atoms with Crippen LogP contribution in [-0.2, 0) is 23.7 Å². The zero-order chi connectivity index (χ0) is 32.2. The van der Waals surface area contributed by atoms with Crippen LogP contribution in [0.1, 0.15) is 120 Å². The van der Waals surface area contributed by atoms with Gasteiger partial charge in [-0.05, 0) is 125 Å². The Hall–Kier alpha value is -1.54. The first-order valence-electron chi connectivity index (χ1n) is 16.6. The van der Waals surface area contributed by atoms with Gasteiger partial charge < -0.3 is 28.8 Å². The summed E-state index contributed by atoms with van der Waals surface area (Å²) in [4.78, 5) is 23.8. The molecule has 0 aromatic carbocycles. The standard InChI is InChI=1S/C35H60O8/c1-30(2,43-29(38)40-10)16-12-17-35(8,41-11)22-13-19-34(7)27(22)23(36)21-25-32(5)18-15-26(42-28(37)39-9)31(3,4)24(32)14-20-33(25,34)6/h22-27,36H,12-21H2,1-11H3/t22-,23+,24-,25+,26-,27-,32-,33+,34+,35+/m0/s1. The van der Waals surface area contributed by atoms with Crippen LogP contribution in [0.3, 0.4) is 0 Å². The molecule has 43 heavy (non-hydrogen) atoms. The van der Waals surface area contributed by atoms with Crippen molar-refractivity contribution in [1.29, 1.82) is 0 Å². The van der Waals surface area contributed by atoms with Gasteiger partial charge >= 0.3 is 12.3 Å². The van der Waals surface area contributed by atoms with Crippen molar-refractivity contribution in [1.82, 2.24) is 0 Å². The van der Waals surface area contributed by atoms with E-state index in [9.17, 15) is 14.7 Å². The van der Waals surface area contributed by atoms with Crippen LogP contribution < -0.4 is 0 Å². The van der Waals surface area contributed by atoms with Crippen LogP contribution in [0.25, 0.3) is 0 Å². The van der Waals surface area contributed by atoms with E-state index in [0.29, 0.717) is 18.3 Å². The Morgan fingerprint density at radius 3 is 2.05 bits per heavy atom. The lowest BCUT2D eigenvalue weighted by Crippen LogP contribution is -2.66. The largest absolute Gasteiger partial charge is 0.508 e. The van der Waals surface area contributed by atoms with Gasteiger partial charge in [0.25, 0.3) is 0 Å². The van der Waals surface area contributed by atoms with Crippen molar-refractivity contribution < 1.29 is 38.4 Å². The van der Waals surface area contributed by atoms with Crippen LogP contribution in [0.5, 0.6) is 0 Å². The quantitative estimate of drug-likeness (QED) is 0.277. The van der Waals surface area contributed by atoms with Crippen molar-refractivity contribution >= 4 is 12.3 Å². The second-order valence-corrected chi connectivity index (χ2v) is 16.6. The molecule has 4 fully saturated rings. The van der Waals surface area contributed by atoms with Crippen molar-refractivity contribution in [3.05, 3.63) is 0 Å². The van der Waals surface area contributed by atoms with Crippen LogP contribution in [0.15, 0.2) is 0 Å². The molecule has 0 amide bonds. The highest BCUT2D eigenvalue weighted by Gasteiger charge is 2.71. The van der Waals surface area contributed by atoms with Gasteiger partial charge in [0.05, 0.1) is 25.9 Å². The number of rotatable bonds is 8. The normalized spacial score (nSPS) is 41.6. The molecule has 4 rings (SSSR count). The number of fused-ring (bicyclic) bond motifs is 5. The first-order chi connectivity index (χ1) is 19.8. The molecule has 0 radical (unpaired) electrons. The lowest BCUT2D eigenvalue weighted by Gasteiger charge is -2.70. The zero-order valence-corrected chi connectivity index (χ0v) is 28.8. The SMILES string of the molecule is COC(=O)O[C@H]1CC[C@]2(C)[C@H]3C[C@@H](O)[C@@H]4[C@@H]([C@@](C)(CCCC(C)(C)OC(=O)OC)OC)CC[C@@]4(C)[C@]3(C)CC[C@H]2C1(C)C. The summed E-state index contributed by atoms with van der Waals surface area (Å²) in [5.41, 5.74) is -1.06. The van der Waals surface area contributed by atoms with E-state index in [1.165, 1.54) is 14.2 Å². The van der Waals surface area contributed by atoms with Gasteiger partial charge in [-0.15, -0.1) is 0 Å². The molecule has 0 bridgehead atoms. The third-order valence-electron chi connectivity index (χ3n) is 14.0. The summed E-state index contributed by atoms with van der Waals surface area (Å²) >= 11 is 0. The summed E-state index contributed by atoms with van der Waals surface area (Å²) in [7, 11) is 4.52. The molecule has 8 heteroatoms. The van der Waals surface area contributed by atoms with Crippen LogP contribution in [0.2, 0.25) is 0 Å². The average Bonchev–Trinajstić information content (AvgIpc) is 3.31. The van der Waals surface area contributed by atoms with E-state index in [2.05, 4.69) is 41.5 Å². The Kier molecular flexibility index (Phi) is 9.32. The Morgan fingerprint density at radius 2 is 1.44 bits per heavy atom. The van der Waals surface area contributed by atoms with Gasteiger partial charge in [-0.25, -0.2) is 9.59 Å². The molecule has 4 aliphatic rings. The summed E-state index contributed by atoms with van der Waals surface area (Å²) in [6.07, 6.45) is 7.49. The minimum absolute atomic E-state index is 0.00938. The molecule has 0 aliphatic heterocycles. The summed E-state index contributed by atoms with van der Waals surface area (Å²) in [6.45, 7) is 18.1. The van der Waals surface area contributed by atoms with Crippen LogP contribution >= 0.6 is 0 Å². The number of hydrogen-bond donors (Lipinski definition) is 1. The Labute approximate surface area is 260 Å². The number of carbonyl (C=O) groups is 2. The Morgan fingerprint density at radius 1 is 0.814 bits per heavy atom. The van der Waals surface area contributed by atoms with Crippen LogP contribution in [-0.4, -0.2) is 62.2 Å². The maximum absolute atomic E-state index is 12.1. The van der Waals surface area contributed by atoms with Gasteiger partial charge in [0.2, 0.25) is 0 Å². The smallest absolute Gasteiger partial charge is 0.438 e. The van der Waals surface area contributed by atoms with Crippen molar-refractivity contribution in [3.63, 3.8) is 0 Å². The van der Waals surface area contributed by atoms with Crippen LogP contribution in [0, 0.1) is 45.3 Å². The van der Waals surface area contributed by atoms with E-state index >= 15 is 0 Å². The molecule has 1 N–H and O–H groups in total. The van der Waals surface area contributed by atoms with Gasteiger partial charge in [-0.2, -0.15) is 0 Å². The monoisotopic (exact) mass is 608 g/mol. The molecule has 0 aromatic rings. The maximum Gasteiger partial charge on any atom is 0.508 e. The minimum Gasteiger partial charge on any atom is -0.438 e. The second-order valence-electron chi connectivity index (χ2n) is 16.6. The summed E-state index contributed by atoms with van der Waals surface area (Å²) in [5.74, 6) is 1.18. The van der Waals surface area contributed by atoms with E-state index in [1.54, 1.807) is 0 Å². The summed E-state index contributed by atoms with van der Waals surface area (Å²) in [5, 5.41) is 12.1. The maximum atomic E-state index is 12.1. The molecule has 248 valence electrons. The van der Waals surface area contributed by atoms with E-state index in [-0.39, 0.29) is 45.2 Å². The first-order valence-corrected chi connectivity index (χ1v) is 16.6. The molecule has 8 nitrogen and oxygen atoms in total. The molecule has 0 heterocycles. The lowest BCUT2D eigenvalue weighted by molar-refractivity contribution is -0.248. The Bertz CT molecular complexity index is 1040. The zero-order valence-electron chi connectivity index (χ0n) is 28.8. The first kappa shape index (κ1) is 34.3. The molecular formula is C35H60O8. The van der Waals surface area contributed by atoms with E-state index < -0.39 is 24.0 Å². The van der Waals surface area contributed by atoms with E-state index in [4.69, 9.17) is 23.7 Å². The lowest BCUT2D eigenvalue weighted by atomic mass is 9.35. The van der Waals surface area contributed by atoms with Crippen molar-refractivity contribution in [3.8, 4) is 0 Å². The van der Waals surface area contributed by atoms with Gasteiger partial charge in [-0.3, -0.25) is 0 Å². The Balaban J connectivity index is 1.56. The number of aliphatic hydroxyl groups is 1. The van der Waals surface area contributed by atoms with Crippen molar-refractivity contribution in [2.24, 2.45) is 45.3 Å². The number of hydrogen-bond acceptors (Lipinski definition) is 8. The van der Waals surface area contributed by atoms with Gasteiger partial charge in [0, 0.05) is 12.5 Å². The molecule has 10 atom stereocenters. The van der Waals surface area contributed by atoms with Crippen molar-refractivity contribution in [2.75, 3.05) is 21.3 Å². The molecular weight excluding hydrogens is 548 g/mol. The second kappa shape index (κ2) is 11.7. The third-order valence-corrected chi connectivity index (χ3v) is 14.0. The van der Waals surface area contributed by atoms with Gasteiger partial charge in [-0.1, -0.05) is 34.6 Å². The fourth-order valence-electron chi connectivity index (χ4n) is 11.4. The predicted octanol–water partition coefficient (Wildman–Crippen LogP) is 7.93. The summed E-state index contributed by atoms with van der Waals surface area (Å²) in [6, 6.07) is 0. The molecule has 0 spiro atoms. The fraction of sp³-hybridized carbons (Fsp3) is 0.943. The molecule has 0 saturated heterocycles. The highest BCUT2D eigenvalue weighted by Crippen LogP contribution is 2.76. The van der Waals surface area contributed by atoms with Gasteiger partial charge in [0.1, 0.15) is 11.7 Å². The van der Waals surface area contributed by atoms with Gasteiger partial charge in [0.15, 0.2) is 0 Å². The topological polar surface area (TPSA) is 101 Å². The number of carbonyl (C=O) groups excluding carboxylic acids is 2. The van der Waals surface area contributed by atoms with Crippen molar-refractivity contribution in [2.45, 2.75) is 143 Å². The average molecular weight is 609 g/mol. The predicted molar refractivity (Wildman–Crippen MR) is 164 cm³/mol. The molecule has 4 saturated carbocycles. The number of methoxy groups -OCH3 is 3. The van der Waals surface area contributed by atoms with Crippen LogP contribution in [0.4, 0.5) is 9.59 Å². The minimum atomic E-state index is -0.657. The molecule has 0 unspecified atom stereocenters. The fourth-order valence-corrected chi connectivity index (χ4v) is 11.4. The third kappa shape index (κ3) is 5.59. The summed E-state index contributed by atoms with van der Waals surface area (Å²) < 4.78 is 27.2.